The van der Waals surface area contributed by atoms with Gasteiger partial charge in [-0.15, -0.1) is 10.2 Å². The van der Waals surface area contributed by atoms with Gasteiger partial charge in [-0.05, 0) is 37.6 Å². The van der Waals surface area contributed by atoms with Crippen LogP contribution in [0.4, 0.5) is 15.9 Å². The van der Waals surface area contributed by atoms with E-state index in [0.717, 1.165) is 5.56 Å². The van der Waals surface area contributed by atoms with Crippen LogP contribution in [0.3, 0.4) is 0 Å². The van der Waals surface area contributed by atoms with Crippen LogP contribution in [0.5, 0.6) is 0 Å². The predicted octanol–water partition coefficient (Wildman–Crippen LogP) is 4.37. The third-order valence-corrected chi connectivity index (χ3v) is 3.39. The molecule has 0 radical (unpaired) electrons. The van der Waals surface area contributed by atoms with E-state index in [0.29, 0.717) is 11.3 Å². The molecular formula is C17H15FN4O2. The van der Waals surface area contributed by atoms with Gasteiger partial charge in [0.05, 0.1) is 12.3 Å². The second kappa shape index (κ2) is 6.57. The van der Waals surface area contributed by atoms with E-state index in [1.807, 2.05) is 25.1 Å². The zero-order valence-electron chi connectivity index (χ0n) is 13.2. The molecule has 0 atom stereocenters. The number of nitrogens with zero attached hydrogens (tertiary/aromatic N) is 4. The molecule has 24 heavy (non-hydrogen) atoms. The summed E-state index contributed by atoms with van der Waals surface area (Å²) < 4.78 is 19.9. The summed E-state index contributed by atoms with van der Waals surface area (Å²) in [7, 11) is 0. The van der Waals surface area contributed by atoms with E-state index in [1.54, 1.807) is 13.0 Å². The van der Waals surface area contributed by atoms with Crippen molar-refractivity contribution in [1.82, 2.24) is 9.38 Å². The van der Waals surface area contributed by atoms with E-state index in [1.165, 1.54) is 22.7 Å². The lowest BCUT2D eigenvalue weighted by molar-refractivity contribution is 0.0521. The Labute approximate surface area is 137 Å². The molecule has 2 heterocycles. The van der Waals surface area contributed by atoms with Gasteiger partial charge in [0, 0.05) is 6.20 Å². The molecule has 0 fully saturated rings. The summed E-state index contributed by atoms with van der Waals surface area (Å²) >= 11 is 0. The summed E-state index contributed by atoms with van der Waals surface area (Å²) in [4.78, 5) is 16.3. The van der Waals surface area contributed by atoms with E-state index >= 15 is 0 Å². The van der Waals surface area contributed by atoms with Crippen molar-refractivity contribution in [3.63, 3.8) is 0 Å². The highest BCUT2D eigenvalue weighted by Crippen LogP contribution is 2.26. The number of azo groups is 1. The van der Waals surface area contributed by atoms with E-state index in [-0.39, 0.29) is 18.1 Å². The molecule has 0 saturated heterocycles. The molecular weight excluding hydrogens is 311 g/mol. The molecule has 0 aliphatic heterocycles. The van der Waals surface area contributed by atoms with Crippen molar-refractivity contribution >= 4 is 23.1 Å². The fraction of sp³-hybridized carbons (Fsp3) is 0.176. The Balaban J connectivity index is 2.13. The number of hydrogen-bond donors (Lipinski definition) is 0. The number of benzene rings is 1. The van der Waals surface area contributed by atoms with Gasteiger partial charge in [0.25, 0.3) is 0 Å². The van der Waals surface area contributed by atoms with E-state index in [9.17, 15) is 9.18 Å². The Hall–Kier alpha value is -3.09. The average Bonchev–Trinajstić information content (AvgIpc) is 2.92. The van der Waals surface area contributed by atoms with Crippen LogP contribution in [0.15, 0.2) is 52.8 Å². The van der Waals surface area contributed by atoms with Gasteiger partial charge in [-0.1, -0.05) is 18.2 Å². The third-order valence-electron chi connectivity index (χ3n) is 3.39. The molecule has 6 nitrogen and oxygen atoms in total. The van der Waals surface area contributed by atoms with Gasteiger partial charge >= 0.3 is 5.97 Å². The summed E-state index contributed by atoms with van der Waals surface area (Å²) in [6.45, 7) is 3.80. The maximum atomic E-state index is 13.6. The number of carbonyl (C=O) groups is 1. The van der Waals surface area contributed by atoms with Gasteiger partial charge in [-0.3, -0.25) is 4.40 Å². The number of imidazole rings is 1. The van der Waals surface area contributed by atoms with Crippen LogP contribution in [0.2, 0.25) is 0 Å². The van der Waals surface area contributed by atoms with Gasteiger partial charge in [0.1, 0.15) is 11.5 Å². The monoisotopic (exact) mass is 326 g/mol. The lowest BCUT2D eigenvalue weighted by Crippen LogP contribution is -2.05. The van der Waals surface area contributed by atoms with E-state index in [2.05, 4.69) is 15.2 Å². The number of halogens is 1. The predicted molar refractivity (Wildman–Crippen MR) is 86.5 cm³/mol. The van der Waals surface area contributed by atoms with Gasteiger partial charge in [0.15, 0.2) is 11.5 Å². The van der Waals surface area contributed by atoms with Crippen LogP contribution < -0.4 is 0 Å². The van der Waals surface area contributed by atoms with Crippen molar-refractivity contribution in [2.45, 2.75) is 13.8 Å². The molecule has 0 aliphatic rings. The molecule has 0 spiro atoms. The highest BCUT2D eigenvalue weighted by atomic mass is 19.1. The topological polar surface area (TPSA) is 68.3 Å². The minimum absolute atomic E-state index is 0.000200. The molecule has 3 rings (SSSR count). The summed E-state index contributed by atoms with van der Waals surface area (Å²) in [6.07, 6.45) is 1.21. The molecule has 0 bridgehead atoms. The molecule has 122 valence electrons. The molecule has 3 aromatic rings. The fourth-order valence-electron chi connectivity index (χ4n) is 2.22. The van der Waals surface area contributed by atoms with E-state index in [4.69, 9.17) is 4.74 Å². The third kappa shape index (κ3) is 3.01. The number of ether oxygens (including phenoxy) is 1. The minimum atomic E-state index is -0.625. The average molecular weight is 326 g/mol. The van der Waals surface area contributed by atoms with Crippen molar-refractivity contribution in [3.05, 3.63) is 59.7 Å². The van der Waals surface area contributed by atoms with Crippen LogP contribution in [-0.2, 0) is 4.74 Å². The maximum Gasteiger partial charge on any atom is 0.360 e. The Morgan fingerprint density at radius 2 is 2.04 bits per heavy atom. The smallest absolute Gasteiger partial charge is 0.360 e. The number of aryl methyl sites for hydroxylation is 1. The van der Waals surface area contributed by atoms with Crippen molar-refractivity contribution in [2.24, 2.45) is 10.2 Å². The summed E-state index contributed by atoms with van der Waals surface area (Å²) in [5.41, 5.74) is 1.97. The molecule has 0 amide bonds. The number of carbonyl (C=O) groups excluding carboxylic acids is 1. The van der Waals surface area contributed by atoms with Gasteiger partial charge in [-0.2, -0.15) is 0 Å². The Kier molecular flexibility index (Phi) is 4.33. The molecule has 0 unspecified atom stereocenters. The highest BCUT2D eigenvalue weighted by Gasteiger charge is 2.20. The largest absolute Gasteiger partial charge is 0.461 e. The molecule has 7 heteroatoms. The number of esters is 1. The van der Waals surface area contributed by atoms with Crippen LogP contribution in [-0.4, -0.2) is 22.0 Å². The zero-order valence-corrected chi connectivity index (χ0v) is 13.2. The first-order valence-electron chi connectivity index (χ1n) is 7.42. The standard InChI is InChI=1S/C17H15FN4O2/c1-3-24-17(23)15-16(21-20-13-7-5-4-6-11(13)2)22-10-12(18)8-9-14(22)19-15/h4-10H,3H2,1-2H3. The van der Waals surface area contributed by atoms with Crippen molar-refractivity contribution in [1.29, 1.82) is 0 Å². The molecule has 1 aromatic carbocycles. The van der Waals surface area contributed by atoms with Crippen molar-refractivity contribution in [2.75, 3.05) is 6.61 Å². The molecule has 0 saturated carbocycles. The summed E-state index contributed by atoms with van der Waals surface area (Å²) in [5.74, 6) is -0.964. The van der Waals surface area contributed by atoms with Crippen LogP contribution in [0, 0.1) is 12.7 Å². The van der Waals surface area contributed by atoms with Gasteiger partial charge in [-0.25, -0.2) is 14.2 Å². The van der Waals surface area contributed by atoms with Crippen LogP contribution in [0.1, 0.15) is 23.0 Å². The van der Waals surface area contributed by atoms with Gasteiger partial charge in [0.2, 0.25) is 0 Å². The first-order valence-corrected chi connectivity index (χ1v) is 7.42. The Bertz CT molecular complexity index is 933. The number of rotatable bonds is 4. The lowest BCUT2D eigenvalue weighted by atomic mass is 10.2. The van der Waals surface area contributed by atoms with Crippen molar-refractivity contribution < 1.29 is 13.9 Å². The SMILES string of the molecule is CCOC(=O)c1nc2ccc(F)cn2c1N=Nc1ccccc1C. The first-order chi connectivity index (χ1) is 11.6. The first kappa shape index (κ1) is 15.8. The number of pyridine rings is 1. The minimum Gasteiger partial charge on any atom is -0.461 e. The van der Waals surface area contributed by atoms with Crippen LogP contribution in [0.25, 0.3) is 5.65 Å². The van der Waals surface area contributed by atoms with Crippen LogP contribution >= 0.6 is 0 Å². The number of aromatic nitrogens is 2. The lowest BCUT2D eigenvalue weighted by Gasteiger charge is -2.01. The molecule has 2 aromatic heterocycles. The Morgan fingerprint density at radius 3 is 2.79 bits per heavy atom. The summed E-state index contributed by atoms with van der Waals surface area (Å²) in [6, 6.07) is 10.1. The maximum absolute atomic E-state index is 13.6. The number of hydrogen-bond acceptors (Lipinski definition) is 5. The summed E-state index contributed by atoms with van der Waals surface area (Å²) in [5, 5.41) is 8.29. The van der Waals surface area contributed by atoms with E-state index < -0.39 is 11.8 Å². The number of fused-ring (bicyclic) bond motifs is 1. The zero-order chi connectivity index (χ0) is 17.1. The molecule has 0 N–H and O–H groups in total. The molecule has 0 aliphatic carbocycles. The van der Waals surface area contributed by atoms with Gasteiger partial charge < -0.3 is 4.74 Å². The van der Waals surface area contributed by atoms with Crippen molar-refractivity contribution in [3.8, 4) is 0 Å². The second-order valence-electron chi connectivity index (χ2n) is 5.07. The highest BCUT2D eigenvalue weighted by molar-refractivity contribution is 5.93. The Morgan fingerprint density at radius 1 is 1.25 bits per heavy atom. The second-order valence-corrected chi connectivity index (χ2v) is 5.07. The normalized spacial score (nSPS) is 11.3. The quantitative estimate of drug-likeness (QED) is 0.528. The fourth-order valence-corrected chi connectivity index (χ4v) is 2.22.